The van der Waals surface area contributed by atoms with Crippen LogP contribution in [-0.2, 0) is 4.74 Å². The number of aromatic hydroxyl groups is 2. The summed E-state index contributed by atoms with van der Waals surface area (Å²) in [5.41, 5.74) is 0.153. The minimum absolute atomic E-state index is 0. The molecule has 0 saturated heterocycles. The highest BCUT2D eigenvalue weighted by Gasteiger charge is 2.10. The van der Waals surface area contributed by atoms with Gasteiger partial charge in [0.1, 0.15) is 5.69 Å². The van der Waals surface area contributed by atoms with E-state index >= 15 is 0 Å². The van der Waals surface area contributed by atoms with Gasteiger partial charge >= 0.3 is 5.97 Å². The van der Waals surface area contributed by atoms with Crippen molar-refractivity contribution in [1.82, 2.24) is 4.98 Å². The maximum Gasteiger partial charge on any atom is 0.356 e. The number of esters is 1. The summed E-state index contributed by atoms with van der Waals surface area (Å²) in [7, 11) is 1.27. The zero-order valence-electron chi connectivity index (χ0n) is 8.88. The lowest BCUT2D eigenvalue weighted by Crippen LogP contribution is -2.03. The molecule has 0 unspecified atom stereocenters. The number of halogens is 1. The highest BCUT2D eigenvalue weighted by Crippen LogP contribution is 2.32. The zero-order valence-corrected chi connectivity index (χ0v) is 9.69. The van der Waals surface area contributed by atoms with Crippen LogP contribution in [0.1, 0.15) is 10.5 Å². The number of ether oxygens (including phenoxy) is 1. The summed E-state index contributed by atoms with van der Waals surface area (Å²) in [6.45, 7) is 0. The van der Waals surface area contributed by atoms with E-state index in [1.54, 1.807) is 6.07 Å². The van der Waals surface area contributed by atoms with Crippen LogP contribution in [0, 0.1) is 0 Å². The van der Waals surface area contributed by atoms with E-state index < -0.39 is 5.97 Å². The van der Waals surface area contributed by atoms with Crippen LogP contribution in [0.3, 0.4) is 0 Å². The molecular formula is C11H10ClNO4. The normalized spacial score (nSPS) is 9.71. The van der Waals surface area contributed by atoms with E-state index in [1.165, 1.54) is 25.4 Å². The molecule has 1 aromatic heterocycles. The van der Waals surface area contributed by atoms with Crippen LogP contribution in [0.5, 0.6) is 11.5 Å². The number of nitrogens with zero attached hydrogens (tertiary/aromatic N) is 1. The highest BCUT2D eigenvalue weighted by atomic mass is 35.5. The Hall–Kier alpha value is -2.01. The molecular weight excluding hydrogens is 246 g/mol. The summed E-state index contributed by atoms with van der Waals surface area (Å²) in [5.74, 6) is -1.02. The Labute approximate surface area is 103 Å². The third kappa shape index (κ3) is 2.24. The van der Waals surface area contributed by atoms with Crippen molar-refractivity contribution in [2.24, 2.45) is 0 Å². The number of pyridine rings is 1. The Morgan fingerprint density at radius 3 is 2.71 bits per heavy atom. The largest absolute Gasteiger partial charge is 0.504 e. The Morgan fingerprint density at radius 2 is 2.06 bits per heavy atom. The fourth-order valence-corrected chi connectivity index (χ4v) is 1.41. The highest BCUT2D eigenvalue weighted by molar-refractivity contribution is 5.95. The number of hydrogen-bond donors (Lipinski definition) is 2. The number of phenolic OH excluding ortho intramolecular Hbond substituents is 2. The fourth-order valence-electron chi connectivity index (χ4n) is 1.41. The Bertz CT molecular complexity index is 571. The first-order chi connectivity index (χ1) is 7.63. The molecule has 0 saturated carbocycles. The van der Waals surface area contributed by atoms with Crippen molar-refractivity contribution in [2.45, 2.75) is 0 Å². The van der Waals surface area contributed by atoms with Crippen molar-refractivity contribution in [2.75, 3.05) is 7.11 Å². The van der Waals surface area contributed by atoms with Crippen molar-refractivity contribution < 1.29 is 19.7 Å². The van der Waals surface area contributed by atoms with Gasteiger partial charge in [0.25, 0.3) is 0 Å². The molecule has 1 heterocycles. The van der Waals surface area contributed by atoms with Crippen LogP contribution in [0.4, 0.5) is 0 Å². The van der Waals surface area contributed by atoms with Crippen molar-refractivity contribution in [3.05, 3.63) is 30.1 Å². The molecule has 0 amide bonds. The molecule has 0 bridgehead atoms. The summed E-state index contributed by atoms with van der Waals surface area (Å²) >= 11 is 0. The summed E-state index contributed by atoms with van der Waals surface area (Å²) in [4.78, 5) is 15.0. The molecule has 0 spiro atoms. The monoisotopic (exact) mass is 255 g/mol. The lowest BCUT2D eigenvalue weighted by molar-refractivity contribution is 0.0594. The van der Waals surface area contributed by atoms with Gasteiger partial charge in [-0.25, -0.2) is 9.78 Å². The molecule has 0 fully saturated rings. The minimum atomic E-state index is -0.547. The first kappa shape index (κ1) is 13.1. The maximum absolute atomic E-state index is 11.2. The molecule has 2 aromatic rings. The van der Waals surface area contributed by atoms with E-state index in [0.29, 0.717) is 10.8 Å². The van der Waals surface area contributed by atoms with E-state index in [4.69, 9.17) is 0 Å². The predicted molar refractivity (Wildman–Crippen MR) is 63.7 cm³/mol. The summed E-state index contributed by atoms with van der Waals surface area (Å²) in [5, 5.41) is 19.8. The number of benzene rings is 1. The third-order valence-electron chi connectivity index (χ3n) is 2.25. The molecule has 2 rings (SSSR count). The molecule has 90 valence electrons. The molecule has 5 nitrogen and oxygen atoms in total. The number of methoxy groups -OCH3 is 1. The number of phenols is 2. The molecule has 2 N–H and O–H groups in total. The van der Waals surface area contributed by atoms with E-state index in [9.17, 15) is 15.0 Å². The van der Waals surface area contributed by atoms with Crippen LogP contribution >= 0.6 is 12.4 Å². The van der Waals surface area contributed by atoms with Gasteiger partial charge in [0, 0.05) is 11.6 Å². The maximum atomic E-state index is 11.2. The Balaban J connectivity index is 0.00000144. The van der Waals surface area contributed by atoms with Gasteiger partial charge in [0.15, 0.2) is 11.5 Å². The summed E-state index contributed by atoms with van der Waals surface area (Å²) in [6, 6.07) is 4.41. The van der Waals surface area contributed by atoms with Crippen LogP contribution < -0.4 is 0 Å². The van der Waals surface area contributed by atoms with E-state index in [1.807, 2.05) is 0 Å². The van der Waals surface area contributed by atoms with Gasteiger partial charge in [-0.2, -0.15) is 0 Å². The SMILES string of the molecule is COC(=O)c1cc2ccc(O)c(O)c2cn1.Cl. The molecule has 0 aliphatic heterocycles. The third-order valence-corrected chi connectivity index (χ3v) is 2.25. The van der Waals surface area contributed by atoms with Crippen LogP contribution in [0.15, 0.2) is 24.4 Å². The van der Waals surface area contributed by atoms with Gasteiger partial charge in [0.05, 0.1) is 7.11 Å². The second-order valence-electron chi connectivity index (χ2n) is 3.22. The number of carbonyl (C=O) groups excluding carboxylic acids is 1. The molecule has 0 aliphatic rings. The second kappa shape index (κ2) is 4.88. The second-order valence-corrected chi connectivity index (χ2v) is 3.22. The minimum Gasteiger partial charge on any atom is -0.504 e. The smallest absolute Gasteiger partial charge is 0.356 e. The lowest BCUT2D eigenvalue weighted by atomic mass is 10.1. The predicted octanol–water partition coefficient (Wildman–Crippen LogP) is 1.85. The van der Waals surface area contributed by atoms with Crippen molar-refractivity contribution in [1.29, 1.82) is 0 Å². The Morgan fingerprint density at radius 1 is 1.35 bits per heavy atom. The van der Waals surface area contributed by atoms with Crippen LogP contribution in [-0.4, -0.2) is 28.3 Å². The van der Waals surface area contributed by atoms with Crippen molar-refractivity contribution >= 4 is 29.1 Å². The van der Waals surface area contributed by atoms with Gasteiger partial charge in [0.2, 0.25) is 0 Å². The lowest BCUT2D eigenvalue weighted by Gasteiger charge is -2.04. The quantitative estimate of drug-likeness (QED) is 0.601. The molecule has 0 aliphatic carbocycles. The molecule has 0 atom stereocenters. The standard InChI is InChI=1S/C11H9NO4.ClH/c1-16-11(15)8-4-6-2-3-9(13)10(14)7(6)5-12-8;/h2-5,13-14H,1H3;1H. The molecule has 0 radical (unpaired) electrons. The van der Waals surface area contributed by atoms with Gasteiger partial charge in [-0.05, 0) is 17.5 Å². The topological polar surface area (TPSA) is 79.7 Å². The average molecular weight is 256 g/mol. The van der Waals surface area contributed by atoms with Crippen molar-refractivity contribution in [3.63, 3.8) is 0 Å². The Kier molecular flexibility index (Phi) is 3.75. The zero-order chi connectivity index (χ0) is 11.7. The first-order valence-corrected chi connectivity index (χ1v) is 4.52. The van der Waals surface area contributed by atoms with E-state index in [2.05, 4.69) is 9.72 Å². The molecule has 17 heavy (non-hydrogen) atoms. The summed E-state index contributed by atoms with van der Waals surface area (Å²) < 4.78 is 4.53. The van der Waals surface area contributed by atoms with Gasteiger partial charge < -0.3 is 14.9 Å². The number of aromatic nitrogens is 1. The number of carbonyl (C=O) groups is 1. The number of hydrogen-bond acceptors (Lipinski definition) is 5. The molecule has 6 heteroatoms. The average Bonchev–Trinajstić information content (AvgIpc) is 2.32. The van der Waals surface area contributed by atoms with Gasteiger partial charge in [-0.15, -0.1) is 12.4 Å². The van der Waals surface area contributed by atoms with Gasteiger partial charge in [-0.1, -0.05) is 6.07 Å². The number of fused-ring (bicyclic) bond motifs is 1. The van der Waals surface area contributed by atoms with E-state index in [-0.39, 0.29) is 29.6 Å². The fraction of sp³-hybridized carbons (Fsp3) is 0.0909. The summed E-state index contributed by atoms with van der Waals surface area (Å²) in [6.07, 6.45) is 1.32. The van der Waals surface area contributed by atoms with Crippen LogP contribution in [0.25, 0.3) is 10.8 Å². The van der Waals surface area contributed by atoms with E-state index in [0.717, 1.165) is 0 Å². The van der Waals surface area contributed by atoms with Gasteiger partial charge in [-0.3, -0.25) is 0 Å². The van der Waals surface area contributed by atoms with Crippen molar-refractivity contribution in [3.8, 4) is 11.5 Å². The molecule has 1 aromatic carbocycles. The van der Waals surface area contributed by atoms with Crippen LogP contribution in [0.2, 0.25) is 0 Å². The number of rotatable bonds is 1. The first-order valence-electron chi connectivity index (χ1n) is 4.52.